The van der Waals surface area contributed by atoms with E-state index >= 15 is 0 Å². The number of benzene rings is 4. The number of fused-ring (bicyclic) bond motifs is 3. The van der Waals surface area contributed by atoms with Crippen LogP contribution in [0.25, 0.3) is 44.4 Å². The maximum atomic E-state index is 6.53. The molecule has 0 aliphatic carbocycles. The van der Waals surface area contributed by atoms with Gasteiger partial charge in [0, 0.05) is 28.8 Å². The van der Waals surface area contributed by atoms with E-state index < -0.39 is 0 Å². The van der Waals surface area contributed by atoms with Gasteiger partial charge in [-0.15, -0.1) is 35.7 Å². The molecule has 3 heterocycles. The van der Waals surface area contributed by atoms with Crippen molar-refractivity contribution in [2.24, 2.45) is 0 Å². The normalized spacial score (nSPS) is 12.0. The summed E-state index contributed by atoms with van der Waals surface area (Å²) in [6.45, 7) is 13.4. The second kappa shape index (κ2) is 15.2. The Bertz CT molecular complexity index is 2260. The molecule has 1 unspecified atom stereocenters. The molecule has 0 bridgehead atoms. The minimum absolute atomic E-state index is 0. The molecule has 256 valence electrons. The van der Waals surface area contributed by atoms with Crippen LogP contribution >= 0.6 is 0 Å². The number of para-hydroxylation sites is 1. The molecule has 0 spiro atoms. The summed E-state index contributed by atoms with van der Waals surface area (Å²) < 4.78 is 10.8. The monoisotopic (exact) mass is 750 g/mol. The summed E-state index contributed by atoms with van der Waals surface area (Å²) in [7, 11) is 0. The van der Waals surface area contributed by atoms with Gasteiger partial charge in [-0.3, -0.25) is 4.68 Å². The molecule has 3 aromatic heterocycles. The van der Waals surface area contributed by atoms with Crippen molar-refractivity contribution in [3.05, 3.63) is 131 Å². The molecule has 0 aliphatic rings. The van der Waals surface area contributed by atoms with Crippen LogP contribution in [0.4, 0.5) is 0 Å². The molecule has 0 amide bonds. The summed E-state index contributed by atoms with van der Waals surface area (Å²) in [5, 5.41) is 7.56. The Morgan fingerprint density at radius 3 is 2.28 bits per heavy atom. The quantitative estimate of drug-likeness (QED) is 0.0977. The topological polar surface area (TPSA) is 44.9 Å². The number of ether oxygens (including phenoxy) is 1. The second-order valence-electron chi connectivity index (χ2n) is 13.1. The van der Waals surface area contributed by atoms with Gasteiger partial charge >= 0.3 is 20.4 Å². The van der Waals surface area contributed by atoms with Gasteiger partial charge in [-0.2, -0.15) is 17.2 Å². The number of pyridine rings is 1. The third-order valence-electron chi connectivity index (χ3n) is 9.61. The van der Waals surface area contributed by atoms with Crippen LogP contribution in [-0.4, -0.2) is 19.3 Å². The summed E-state index contributed by atoms with van der Waals surface area (Å²) in [5.74, 6) is 2.40. The first-order valence-electron chi connectivity index (χ1n) is 17.8. The van der Waals surface area contributed by atoms with Crippen LogP contribution in [0, 0.1) is 19.1 Å². The molecule has 6 heteroatoms. The van der Waals surface area contributed by atoms with Crippen molar-refractivity contribution < 1.29 is 25.2 Å². The van der Waals surface area contributed by atoms with Crippen LogP contribution in [0.1, 0.15) is 81.5 Å². The molecule has 7 rings (SSSR count). The fourth-order valence-corrected chi connectivity index (χ4v) is 6.90. The van der Waals surface area contributed by atoms with Gasteiger partial charge in [0.15, 0.2) is 0 Å². The molecule has 0 saturated carbocycles. The molecular formula is C44H44N4OPd. The van der Waals surface area contributed by atoms with Crippen molar-refractivity contribution in [2.75, 3.05) is 0 Å². The van der Waals surface area contributed by atoms with E-state index in [1.807, 2.05) is 30.5 Å². The Labute approximate surface area is 310 Å². The molecule has 1 atom stereocenters. The first-order valence-corrected chi connectivity index (χ1v) is 17.8. The van der Waals surface area contributed by atoms with Gasteiger partial charge in [-0.25, -0.2) is 4.98 Å². The van der Waals surface area contributed by atoms with E-state index in [1.54, 1.807) is 0 Å². The van der Waals surface area contributed by atoms with Crippen LogP contribution in [0.15, 0.2) is 91.1 Å². The van der Waals surface area contributed by atoms with Crippen LogP contribution in [0.3, 0.4) is 0 Å². The SMILES string of the molecule is CCCc1nn(-c2[c-]c(Oc3[c-]c4c(cc3)c3ccccc3n4-c3cc(C)ccn3)ccc2)c(C(C)CC)c1-c1cc(CC)cc(CC)c1.[Pd+2]. The average Bonchev–Trinajstić information content (AvgIpc) is 3.67. The Morgan fingerprint density at radius 1 is 0.800 bits per heavy atom. The van der Waals surface area contributed by atoms with E-state index in [1.165, 1.54) is 27.9 Å². The van der Waals surface area contributed by atoms with E-state index in [4.69, 9.17) is 14.8 Å². The number of aromatic nitrogens is 4. The first-order chi connectivity index (χ1) is 23.9. The molecular weight excluding hydrogens is 707 g/mol. The minimum atomic E-state index is 0. The minimum Gasteiger partial charge on any atom is -0.509 e. The molecule has 50 heavy (non-hydrogen) atoms. The van der Waals surface area contributed by atoms with E-state index in [0.29, 0.717) is 17.4 Å². The van der Waals surface area contributed by atoms with Gasteiger partial charge < -0.3 is 9.30 Å². The molecule has 7 aromatic rings. The summed E-state index contributed by atoms with van der Waals surface area (Å²) >= 11 is 0. The molecule has 0 N–H and O–H groups in total. The third kappa shape index (κ3) is 6.68. The van der Waals surface area contributed by atoms with Crippen molar-refractivity contribution in [3.63, 3.8) is 0 Å². The molecule has 4 aromatic carbocycles. The van der Waals surface area contributed by atoms with E-state index in [-0.39, 0.29) is 20.4 Å². The number of nitrogens with zero attached hydrogens (tertiary/aromatic N) is 4. The fraction of sp³-hybridized carbons (Fsp3) is 0.273. The zero-order valence-corrected chi connectivity index (χ0v) is 31.3. The van der Waals surface area contributed by atoms with Gasteiger partial charge in [0.1, 0.15) is 5.82 Å². The van der Waals surface area contributed by atoms with Crippen LogP contribution in [0.5, 0.6) is 11.5 Å². The van der Waals surface area contributed by atoms with Gasteiger partial charge in [0.2, 0.25) is 0 Å². The van der Waals surface area contributed by atoms with Crippen molar-refractivity contribution >= 4 is 21.8 Å². The standard InChI is InChI=1S/C44H44N4O.Pd/c1-7-14-39-43(33-25-31(9-3)24-32(10-4)26-33)44(30(6)8-2)48(46-39)34-15-13-16-35(27-34)49-36-19-20-38-37-17-11-12-18-40(37)47(41(38)28-36)42-23-29(5)21-22-45-42;/h11-13,15-26,30H,7-10,14H2,1-6H3;/q-2;+2. The smallest absolute Gasteiger partial charge is 0.509 e. The molecule has 0 aliphatic heterocycles. The van der Waals surface area contributed by atoms with Crippen LogP contribution < -0.4 is 4.74 Å². The van der Waals surface area contributed by atoms with E-state index in [0.717, 1.165) is 76.7 Å². The van der Waals surface area contributed by atoms with Gasteiger partial charge in [-0.1, -0.05) is 83.0 Å². The zero-order valence-electron chi connectivity index (χ0n) is 29.8. The molecule has 0 fully saturated rings. The van der Waals surface area contributed by atoms with Crippen molar-refractivity contribution in [1.29, 1.82) is 0 Å². The van der Waals surface area contributed by atoms with Gasteiger partial charge in [-0.05, 0) is 90.1 Å². The first kappa shape index (κ1) is 35.3. The maximum Gasteiger partial charge on any atom is 2.00 e. The summed E-state index contributed by atoms with van der Waals surface area (Å²) in [6.07, 6.45) is 6.82. The Kier molecular flexibility index (Phi) is 10.7. The van der Waals surface area contributed by atoms with Gasteiger partial charge in [0.05, 0.1) is 11.4 Å². The van der Waals surface area contributed by atoms with Crippen LogP contribution in [-0.2, 0) is 39.7 Å². The van der Waals surface area contributed by atoms with Crippen molar-refractivity contribution in [3.8, 4) is 34.1 Å². The molecule has 0 radical (unpaired) electrons. The number of aryl methyl sites for hydroxylation is 4. The maximum absolute atomic E-state index is 6.53. The second-order valence-corrected chi connectivity index (χ2v) is 13.1. The Morgan fingerprint density at radius 2 is 1.56 bits per heavy atom. The largest absolute Gasteiger partial charge is 2.00 e. The molecule has 0 saturated heterocycles. The Balaban J connectivity index is 0.00000432. The summed E-state index contributed by atoms with van der Waals surface area (Å²) in [6, 6.07) is 37.0. The zero-order chi connectivity index (χ0) is 34.1. The fourth-order valence-electron chi connectivity index (χ4n) is 6.90. The predicted octanol–water partition coefficient (Wildman–Crippen LogP) is 11.3. The number of hydrogen-bond acceptors (Lipinski definition) is 3. The summed E-state index contributed by atoms with van der Waals surface area (Å²) in [5.41, 5.74) is 11.7. The number of rotatable bonds is 11. The number of hydrogen-bond donors (Lipinski definition) is 0. The van der Waals surface area contributed by atoms with E-state index in [2.05, 4.69) is 124 Å². The summed E-state index contributed by atoms with van der Waals surface area (Å²) in [4.78, 5) is 4.72. The van der Waals surface area contributed by atoms with Crippen molar-refractivity contribution in [2.45, 2.75) is 79.6 Å². The van der Waals surface area contributed by atoms with Gasteiger partial charge in [0.25, 0.3) is 0 Å². The van der Waals surface area contributed by atoms with E-state index in [9.17, 15) is 0 Å². The average molecular weight is 751 g/mol. The van der Waals surface area contributed by atoms with Crippen LogP contribution in [0.2, 0.25) is 0 Å². The van der Waals surface area contributed by atoms with Crippen molar-refractivity contribution in [1.82, 2.24) is 19.3 Å². The molecule has 5 nitrogen and oxygen atoms in total. The Hall–Kier alpha value is -4.50. The third-order valence-corrected chi connectivity index (χ3v) is 9.61. The predicted molar refractivity (Wildman–Crippen MR) is 202 cm³/mol.